The molecular formula is C22H19F2N3O4S. The molecule has 1 fully saturated rings. The van der Waals surface area contributed by atoms with E-state index in [-0.39, 0.29) is 30.1 Å². The number of aromatic hydroxyl groups is 1. The molecule has 0 bridgehead atoms. The minimum absolute atomic E-state index is 0.0575. The molecule has 166 valence electrons. The van der Waals surface area contributed by atoms with Crippen molar-refractivity contribution in [2.45, 2.75) is 26.1 Å². The van der Waals surface area contributed by atoms with E-state index in [1.54, 1.807) is 4.90 Å². The Kier molecular flexibility index (Phi) is 5.06. The van der Waals surface area contributed by atoms with Crippen LogP contribution in [0.25, 0.3) is 10.6 Å². The number of aromatic nitrogens is 2. The molecule has 7 nitrogen and oxygen atoms in total. The lowest BCUT2D eigenvalue weighted by Gasteiger charge is -2.42. The number of carbonyl (C=O) groups excluding carboxylic acids is 1. The predicted molar refractivity (Wildman–Crippen MR) is 113 cm³/mol. The van der Waals surface area contributed by atoms with Crippen molar-refractivity contribution in [2.75, 3.05) is 13.2 Å². The highest BCUT2D eigenvalue weighted by Gasteiger charge is 2.39. The molecule has 2 aliphatic rings. The van der Waals surface area contributed by atoms with Gasteiger partial charge in [0.25, 0.3) is 5.91 Å². The van der Waals surface area contributed by atoms with E-state index in [4.69, 9.17) is 4.74 Å². The molecular weight excluding hydrogens is 440 g/mol. The maximum atomic E-state index is 14.0. The highest BCUT2D eigenvalue weighted by Crippen LogP contribution is 2.31. The standard InChI is InChI=1S/C22H19F2N3O4S/c1-11-7-27-17(31-10-11)9-26-8-15(19(28)20(29)18(26)22(27)30)21-25-6-14(32-21)4-12-2-3-13(23)5-16(12)24/h2-3,5-6,8,11,17,29H,4,7,9-10H2,1H3/t11-,17-/m0/s1. The minimum Gasteiger partial charge on any atom is -0.503 e. The fourth-order valence-electron chi connectivity index (χ4n) is 4.08. The number of rotatable bonds is 3. The molecule has 0 saturated carbocycles. The van der Waals surface area contributed by atoms with E-state index in [0.29, 0.717) is 28.6 Å². The molecule has 1 aromatic carbocycles. The Morgan fingerprint density at radius 3 is 2.88 bits per heavy atom. The van der Waals surface area contributed by atoms with Crippen LogP contribution in [0.3, 0.4) is 0 Å². The molecule has 0 spiro atoms. The van der Waals surface area contributed by atoms with Crippen molar-refractivity contribution < 1.29 is 23.4 Å². The van der Waals surface area contributed by atoms with Crippen LogP contribution in [0.2, 0.25) is 0 Å². The monoisotopic (exact) mass is 459 g/mol. The second-order valence-electron chi connectivity index (χ2n) is 8.12. The van der Waals surface area contributed by atoms with Crippen LogP contribution >= 0.6 is 11.3 Å². The van der Waals surface area contributed by atoms with Crippen molar-refractivity contribution in [3.05, 3.63) is 68.6 Å². The van der Waals surface area contributed by atoms with Crippen molar-refractivity contribution in [3.8, 4) is 16.3 Å². The first kappa shape index (κ1) is 20.8. The largest absolute Gasteiger partial charge is 0.503 e. The number of fused-ring (bicyclic) bond motifs is 2. The van der Waals surface area contributed by atoms with Gasteiger partial charge >= 0.3 is 0 Å². The Balaban J connectivity index is 1.49. The Morgan fingerprint density at radius 2 is 2.09 bits per heavy atom. The Bertz CT molecular complexity index is 1290. The molecule has 0 radical (unpaired) electrons. The van der Waals surface area contributed by atoms with Crippen molar-refractivity contribution >= 4 is 17.2 Å². The summed E-state index contributed by atoms with van der Waals surface area (Å²) in [7, 11) is 0. The Hall–Kier alpha value is -3.11. The average Bonchev–Trinajstić information content (AvgIpc) is 3.21. The van der Waals surface area contributed by atoms with E-state index < -0.39 is 34.9 Å². The van der Waals surface area contributed by atoms with Gasteiger partial charge in [0, 0.05) is 36.3 Å². The molecule has 1 saturated heterocycles. The maximum Gasteiger partial charge on any atom is 0.276 e. The van der Waals surface area contributed by atoms with Crippen molar-refractivity contribution in [1.29, 1.82) is 0 Å². The number of carbonyl (C=O) groups is 1. The van der Waals surface area contributed by atoms with Gasteiger partial charge in [0.2, 0.25) is 5.43 Å². The summed E-state index contributed by atoms with van der Waals surface area (Å²) in [6.45, 7) is 3.27. The van der Waals surface area contributed by atoms with E-state index in [9.17, 15) is 23.5 Å². The first-order valence-electron chi connectivity index (χ1n) is 10.1. The van der Waals surface area contributed by atoms with Crippen LogP contribution in [0.5, 0.6) is 5.75 Å². The predicted octanol–water partition coefficient (Wildman–Crippen LogP) is 2.99. The summed E-state index contributed by atoms with van der Waals surface area (Å²) in [5, 5.41) is 10.9. The number of thiazole rings is 1. The van der Waals surface area contributed by atoms with Crippen LogP contribution < -0.4 is 5.43 Å². The van der Waals surface area contributed by atoms with Crippen molar-refractivity contribution in [1.82, 2.24) is 14.5 Å². The smallest absolute Gasteiger partial charge is 0.276 e. The van der Waals surface area contributed by atoms with E-state index in [2.05, 4.69) is 4.98 Å². The lowest BCUT2D eigenvalue weighted by atomic mass is 10.1. The minimum atomic E-state index is -0.692. The number of amides is 1. The number of ether oxygens (including phenoxy) is 1. The zero-order chi connectivity index (χ0) is 22.6. The van der Waals surface area contributed by atoms with Crippen LogP contribution in [0.4, 0.5) is 8.78 Å². The van der Waals surface area contributed by atoms with E-state index in [1.165, 1.54) is 40.4 Å². The lowest BCUT2D eigenvalue weighted by molar-refractivity contribution is -0.111. The molecule has 32 heavy (non-hydrogen) atoms. The number of hydrogen-bond acceptors (Lipinski definition) is 6. The number of nitrogens with zero attached hydrogens (tertiary/aromatic N) is 3. The fraction of sp³-hybridized carbons (Fsp3) is 0.318. The molecule has 1 amide bonds. The normalized spacial score (nSPS) is 20.2. The number of halogens is 2. The van der Waals surface area contributed by atoms with Gasteiger partial charge in [0.1, 0.15) is 16.6 Å². The van der Waals surface area contributed by atoms with E-state index >= 15 is 0 Å². The second kappa shape index (κ2) is 7.79. The molecule has 10 heteroatoms. The molecule has 0 unspecified atom stereocenters. The molecule has 3 aromatic rings. The fourth-order valence-corrected chi connectivity index (χ4v) is 5.02. The van der Waals surface area contributed by atoms with Crippen LogP contribution in [0.15, 0.2) is 35.4 Å². The zero-order valence-electron chi connectivity index (χ0n) is 17.0. The van der Waals surface area contributed by atoms with E-state index in [1.807, 2.05) is 6.92 Å². The van der Waals surface area contributed by atoms with Gasteiger partial charge in [-0.3, -0.25) is 9.59 Å². The van der Waals surface area contributed by atoms with Crippen LogP contribution in [-0.4, -0.2) is 44.8 Å². The van der Waals surface area contributed by atoms with Gasteiger partial charge in [-0.1, -0.05) is 13.0 Å². The highest BCUT2D eigenvalue weighted by molar-refractivity contribution is 7.15. The van der Waals surface area contributed by atoms with Gasteiger partial charge in [-0.05, 0) is 17.5 Å². The molecule has 4 heterocycles. The number of benzene rings is 1. The zero-order valence-corrected chi connectivity index (χ0v) is 17.9. The topological polar surface area (TPSA) is 84.7 Å². The summed E-state index contributed by atoms with van der Waals surface area (Å²) < 4.78 is 34.4. The Morgan fingerprint density at radius 1 is 1.28 bits per heavy atom. The van der Waals surface area contributed by atoms with Gasteiger partial charge in [-0.15, -0.1) is 11.3 Å². The third-order valence-electron chi connectivity index (χ3n) is 5.67. The van der Waals surface area contributed by atoms with Gasteiger partial charge in [0.15, 0.2) is 17.7 Å². The molecule has 2 aliphatic heterocycles. The quantitative estimate of drug-likeness (QED) is 0.651. The summed E-state index contributed by atoms with van der Waals surface area (Å²) in [6, 6.07) is 3.37. The third kappa shape index (κ3) is 3.49. The second-order valence-corrected chi connectivity index (χ2v) is 9.23. The number of hydrogen-bond donors (Lipinski definition) is 1. The molecule has 2 aromatic heterocycles. The average molecular weight is 459 g/mol. The van der Waals surface area contributed by atoms with Crippen LogP contribution in [0, 0.1) is 17.6 Å². The van der Waals surface area contributed by atoms with Crippen LogP contribution in [0.1, 0.15) is 27.9 Å². The lowest BCUT2D eigenvalue weighted by Crippen LogP contribution is -2.55. The highest BCUT2D eigenvalue weighted by atomic mass is 32.1. The summed E-state index contributed by atoms with van der Waals surface area (Å²) in [5.41, 5.74) is -0.297. The summed E-state index contributed by atoms with van der Waals surface area (Å²) >= 11 is 1.17. The SMILES string of the molecule is C[C@@H]1CO[C@H]2Cn3cc(-c4ncc(Cc5ccc(F)cc5F)s4)c(=O)c(O)c3C(=O)N2C1. The first-order valence-corrected chi connectivity index (χ1v) is 10.9. The van der Waals surface area contributed by atoms with Gasteiger partial charge in [-0.2, -0.15) is 0 Å². The van der Waals surface area contributed by atoms with Gasteiger partial charge < -0.3 is 19.3 Å². The molecule has 5 rings (SSSR count). The third-order valence-corrected chi connectivity index (χ3v) is 6.70. The first-order chi connectivity index (χ1) is 15.3. The van der Waals surface area contributed by atoms with Gasteiger partial charge in [-0.25, -0.2) is 13.8 Å². The summed E-state index contributed by atoms with van der Waals surface area (Å²) in [4.78, 5) is 32.3. The molecule has 1 N–H and O–H groups in total. The van der Waals surface area contributed by atoms with Gasteiger partial charge in [0.05, 0.1) is 18.7 Å². The van der Waals surface area contributed by atoms with Crippen molar-refractivity contribution in [3.63, 3.8) is 0 Å². The number of pyridine rings is 1. The van der Waals surface area contributed by atoms with E-state index in [0.717, 1.165) is 6.07 Å². The van der Waals surface area contributed by atoms with Crippen LogP contribution in [-0.2, 0) is 17.7 Å². The molecule has 0 aliphatic carbocycles. The molecule has 2 atom stereocenters. The maximum absolute atomic E-state index is 14.0. The van der Waals surface area contributed by atoms with Crippen molar-refractivity contribution in [2.24, 2.45) is 5.92 Å². The summed E-state index contributed by atoms with van der Waals surface area (Å²) in [6.07, 6.45) is 2.75. The Labute approximate surface area is 185 Å². The summed E-state index contributed by atoms with van der Waals surface area (Å²) in [5.74, 6) is -2.21.